The van der Waals surface area contributed by atoms with Gasteiger partial charge in [0, 0.05) is 5.69 Å². The second kappa shape index (κ2) is 7.28. The summed E-state index contributed by atoms with van der Waals surface area (Å²) in [6.45, 7) is 0. The first-order valence-electron chi connectivity index (χ1n) is 9.46. The van der Waals surface area contributed by atoms with Crippen LogP contribution in [-0.2, 0) is 41.4 Å². The predicted molar refractivity (Wildman–Crippen MR) is 108 cm³/mol. The Balaban J connectivity index is 1.49. The molecule has 0 heterocycles. The fraction of sp³-hybridized carbons (Fsp3) is 0.333. The predicted octanol–water partition coefficient (Wildman–Crippen LogP) is 3.82. The van der Waals surface area contributed by atoms with Crippen LogP contribution >= 0.6 is 0 Å². The molecule has 0 aromatic heterocycles. The summed E-state index contributed by atoms with van der Waals surface area (Å²) in [5, 5.41) is 11.8. The quantitative estimate of drug-likeness (QED) is 0.734. The number of fused-ring (bicyclic) bond motifs is 2. The van der Waals surface area contributed by atoms with Gasteiger partial charge in [-0.2, -0.15) is 5.26 Å². The summed E-state index contributed by atoms with van der Waals surface area (Å²) >= 11 is 0. The van der Waals surface area contributed by atoms with Crippen LogP contribution in [0.25, 0.3) is 0 Å². The summed E-state index contributed by atoms with van der Waals surface area (Å²) < 4.78 is 23.0. The lowest BCUT2D eigenvalue weighted by atomic mass is 9.99. The second-order valence-electron chi connectivity index (χ2n) is 7.42. The minimum atomic E-state index is -3.35. The Kier molecular flexibility index (Phi) is 4.82. The van der Waals surface area contributed by atoms with Crippen LogP contribution in [-0.4, -0.2) is 10.2 Å². The molecule has 0 aliphatic heterocycles. The maximum atomic E-state index is 12.6. The van der Waals surface area contributed by atoms with Crippen LogP contribution < -0.4 is 10.0 Å². The molecular weight excluding hydrogens is 372 g/mol. The van der Waals surface area contributed by atoms with Gasteiger partial charge < -0.3 is 5.32 Å². The van der Waals surface area contributed by atoms with E-state index in [0.717, 1.165) is 44.2 Å². The number of aryl methyl sites for hydroxylation is 2. The monoisotopic (exact) mass is 394 g/mol. The average Bonchev–Trinajstić information content (AvgIpc) is 3.30. The summed E-state index contributed by atoms with van der Waals surface area (Å²) in [7, 11) is -3.35. The molecule has 7 heteroatoms. The van der Waals surface area contributed by atoms with Gasteiger partial charge in [0.25, 0.3) is 0 Å². The van der Waals surface area contributed by atoms with E-state index in [1.165, 1.54) is 22.3 Å². The molecule has 1 unspecified atom stereocenters. The Morgan fingerprint density at radius 2 is 1.68 bits per heavy atom. The summed E-state index contributed by atoms with van der Waals surface area (Å²) in [4.78, 5) is 12.6. The lowest BCUT2D eigenvalue weighted by Crippen LogP contribution is -2.35. The maximum Gasteiger partial charge on any atom is 0.331 e. The van der Waals surface area contributed by atoms with Crippen LogP contribution in [0.2, 0.25) is 0 Å². The molecule has 2 aliphatic carbocycles. The van der Waals surface area contributed by atoms with Crippen molar-refractivity contribution in [3.8, 4) is 6.07 Å². The van der Waals surface area contributed by atoms with Crippen molar-refractivity contribution in [2.75, 3.05) is 5.32 Å². The van der Waals surface area contributed by atoms with Gasteiger partial charge in [-0.05, 0) is 78.5 Å². The average molecular weight is 395 g/mol. The molecule has 144 valence electrons. The number of carbonyl (C=O) groups excluding carboxylic acids is 1. The Bertz CT molecular complexity index is 1050. The highest BCUT2D eigenvalue weighted by Gasteiger charge is 2.25. The molecule has 2 aromatic rings. The number of hydrogen-bond donors (Lipinski definition) is 3. The molecular formula is C21H22N4O2S. The number of nitrogens with zero attached hydrogens (tertiary/aromatic N) is 1. The zero-order valence-electron chi connectivity index (χ0n) is 15.5. The standard InChI is InChI=1S/C21H22N4O2S/c22-12-14-7-9-15(10-8-14)13-28(23,27)25-21(26)24-20-18-5-1-3-16(18)11-17-4-2-6-19(17)20/h7-11H,1-6,13H2,(H3,23,24,25,26,27). The van der Waals surface area contributed by atoms with E-state index in [1.54, 1.807) is 24.3 Å². The van der Waals surface area contributed by atoms with E-state index in [0.29, 0.717) is 11.1 Å². The van der Waals surface area contributed by atoms with E-state index in [1.807, 2.05) is 6.07 Å². The number of carbonyl (C=O) groups is 1. The minimum Gasteiger partial charge on any atom is -0.307 e. The SMILES string of the molecule is N#Cc1ccc(CS(=N)(=O)NC(=O)Nc2c3c(cc4c2CCC4)CCC3)cc1. The van der Waals surface area contributed by atoms with Crippen molar-refractivity contribution in [2.45, 2.75) is 44.3 Å². The molecule has 1 atom stereocenters. The molecule has 0 fully saturated rings. The number of rotatable bonds is 4. The van der Waals surface area contributed by atoms with Gasteiger partial charge in [-0.1, -0.05) is 18.2 Å². The first-order chi connectivity index (χ1) is 13.4. The molecule has 0 radical (unpaired) electrons. The lowest BCUT2D eigenvalue weighted by Gasteiger charge is -2.17. The molecule has 3 N–H and O–H groups in total. The smallest absolute Gasteiger partial charge is 0.307 e. The van der Waals surface area contributed by atoms with Crippen molar-refractivity contribution < 1.29 is 9.00 Å². The third-order valence-corrected chi connectivity index (χ3v) is 6.68. The van der Waals surface area contributed by atoms with E-state index < -0.39 is 15.9 Å². The number of amides is 2. The summed E-state index contributed by atoms with van der Waals surface area (Å²) in [5.41, 5.74) is 7.01. The molecule has 2 aliphatic rings. The topological polar surface area (TPSA) is 106 Å². The Morgan fingerprint density at radius 1 is 1.07 bits per heavy atom. The highest BCUT2D eigenvalue weighted by atomic mass is 32.2. The van der Waals surface area contributed by atoms with Gasteiger partial charge in [0.05, 0.1) is 17.4 Å². The van der Waals surface area contributed by atoms with Crippen LogP contribution in [0.4, 0.5) is 10.5 Å². The highest BCUT2D eigenvalue weighted by molar-refractivity contribution is 7.90. The van der Waals surface area contributed by atoms with Crippen LogP contribution in [0.5, 0.6) is 0 Å². The molecule has 2 aromatic carbocycles. The van der Waals surface area contributed by atoms with E-state index in [9.17, 15) is 9.00 Å². The summed E-state index contributed by atoms with van der Waals surface area (Å²) in [6.07, 6.45) is 6.13. The fourth-order valence-corrected chi connectivity index (χ4v) is 5.29. The zero-order chi connectivity index (χ0) is 19.7. The van der Waals surface area contributed by atoms with Crippen molar-refractivity contribution >= 4 is 21.6 Å². The molecule has 2 amide bonds. The van der Waals surface area contributed by atoms with Crippen LogP contribution in [0.15, 0.2) is 30.3 Å². The van der Waals surface area contributed by atoms with Crippen LogP contribution in [0, 0.1) is 16.1 Å². The van der Waals surface area contributed by atoms with Crippen LogP contribution in [0.3, 0.4) is 0 Å². The lowest BCUT2D eigenvalue weighted by molar-refractivity contribution is 0.256. The Hall–Kier alpha value is -2.85. The number of nitriles is 1. The van der Waals surface area contributed by atoms with Gasteiger partial charge >= 0.3 is 6.03 Å². The normalized spacial score (nSPS) is 16.5. The molecule has 0 spiro atoms. The molecule has 0 saturated carbocycles. The van der Waals surface area contributed by atoms with Crippen molar-refractivity contribution in [3.63, 3.8) is 0 Å². The van der Waals surface area contributed by atoms with Crippen molar-refractivity contribution in [1.82, 2.24) is 4.72 Å². The first kappa shape index (κ1) is 18.5. The Labute approximate surface area is 165 Å². The van der Waals surface area contributed by atoms with Gasteiger partial charge in [0.2, 0.25) is 0 Å². The van der Waals surface area contributed by atoms with Gasteiger partial charge in [0.15, 0.2) is 0 Å². The largest absolute Gasteiger partial charge is 0.331 e. The van der Waals surface area contributed by atoms with Crippen molar-refractivity contribution in [3.05, 3.63) is 63.7 Å². The number of anilines is 1. The number of benzene rings is 2. The summed E-state index contributed by atoms with van der Waals surface area (Å²) in [5.74, 6) is -0.100. The number of hydrogen-bond acceptors (Lipinski definition) is 4. The molecule has 6 nitrogen and oxygen atoms in total. The second-order valence-corrected chi connectivity index (χ2v) is 9.26. The molecule has 28 heavy (non-hydrogen) atoms. The zero-order valence-corrected chi connectivity index (χ0v) is 16.3. The van der Waals surface area contributed by atoms with Crippen molar-refractivity contribution in [1.29, 1.82) is 10.0 Å². The molecule has 0 bridgehead atoms. The highest BCUT2D eigenvalue weighted by Crippen LogP contribution is 2.38. The third kappa shape index (κ3) is 3.73. The van der Waals surface area contributed by atoms with Crippen LogP contribution in [0.1, 0.15) is 46.2 Å². The van der Waals surface area contributed by atoms with Gasteiger partial charge in [0.1, 0.15) is 9.92 Å². The molecule has 4 rings (SSSR count). The third-order valence-electron chi connectivity index (χ3n) is 5.42. The van der Waals surface area contributed by atoms with Gasteiger partial charge in [-0.15, -0.1) is 0 Å². The van der Waals surface area contributed by atoms with E-state index in [2.05, 4.69) is 16.1 Å². The number of nitrogens with one attached hydrogen (secondary N) is 3. The van der Waals surface area contributed by atoms with Gasteiger partial charge in [-0.25, -0.2) is 13.8 Å². The van der Waals surface area contributed by atoms with E-state index >= 15 is 0 Å². The van der Waals surface area contributed by atoms with E-state index in [-0.39, 0.29) is 5.75 Å². The van der Waals surface area contributed by atoms with Crippen molar-refractivity contribution in [2.24, 2.45) is 0 Å². The summed E-state index contributed by atoms with van der Waals surface area (Å²) in [6, 6.07) is 10.2. The van der Waals surface area contributed by atoms with Gasteiger partial charge in [-0.3, -0.25) is 4.72 Å². The maximum absolute atomic E-state index is 12.6. The number of urea groups is 1. The fourth-order valence-electron chi connectivity index (χ4n) is 4.20. The molecule has 0 saturated heterocycles. The first-order valence-corrected chi connectivity index (χ1v) is 11.2. The van der Waals surface area contributed by atoms with E-state index in [4.69, 9.17) is 10.0 Å². The minimum absolute atomic E-state index is 0.100. The Morgan fingerprint density at radius 3 is 2.25 bits per heavy atom.